The van der Waals surface area contributed by atoms with Gasteiger partial charge in [0, 0.05) is 18.1 Å². The van der Waals surface area contributed by atoms with Gasteiger partial charge < -0.3 is 15.5 Å². The molecule has 3 heterocycles. The maximum absolute atomic E-state index is 12.7. The van der Waals surface area contributed by atoms with Crippen LogP contribution in [0.1, 0.15) is 36.0 Å². The molecule has 2 aliphatic heterocycles. The summed E-state index contributed by atoms with van der Waals surface area (Å²) in [4.78, 5) is 19.2. The zero-order valence-electron chi connectivity index (χ0n) is 12.6. The number of para-hydroxylation sites is 1. The maximum Gasteiger partial charge on any atom is 0.293 e. The molecule has 0 spiro atoms. The van der Waals surface area contributed by atoms with Crippen molar-refractivity contribution in [3.63, 3.8) is 0 Å². The Labute approximate surface area is 128 Å². The number of carbonyl (C=O) groups is 1. The Morgan fingerprint density at radius 3 is 3.14 bits per heavy atom. The molecular formula is C16H20N4O2. The van der Waals surface area contributed by atoms with Crippen LogP contribution >= 0.6 is 0 Å². The van der Waals surface area contributed by atoms with Gasteiger partial charge in [-0.25, -0.2) is 0 Å². The molecule has 3 N–H and O–H groups in total. The van der Waals surface area contributed by atoms with Gasteiger partial charge in [-0.05, 0) is 38.4 Å². The van der Waals surface area contributed by atoms with Gasteiger partial charge in [0.15, 0.2) is 5.58 Å². The number of amides is 1. The Balaban J connectivity index is 1.59. The summed E-state index contributed by atoms with van der Waals surface area (Å²) < 4.78 is 5.29. The average molecular weight is 300 g/mol. The summed E-state index contributed by atoms with van der Waals surface area (Å²) in [6, 6.07) is 6.68. The number of hydrogen-bond donors (Lipinski definition) is 2. The minimum atomic E-state index is -0.0927. The Kier molecular flexibility index (Phi) is 3.07. The van der Waals surface area contributed by atoms with Gasteiger partial charge in [-0.2, -0.15) is 4.98 Å². The van der Waals surface area contributed by atoms with Crippen LogP contribution in [-0.2, 0) is 0 Å². The number of piperidine rings is 1. The van der Waals surface area contributed by atoms with E-state index >= 15 is 0 Å². The predicted octanol–water partition coefficient (Wildman–Crippen LogP) is 1.76. The van der Waals surface area contributed by atoms with Gasteiger partial charge in [-0.3, -0.25) is 9.69 Å². The molecule has 4 rings (SSSR count). The smallest absolute Gasteiger partial charge is 0.293 e. The van der Waals surface area contributed by atoms with Crippen molar-refractivity contribution in [3.8, 4) is 0 Å². The van der Waals surface area contributed by atoms with Gasteiger partial charge in [-0.1, -0.05) is 12.5 Å². The molecule has 1 aromatic carbocycles. The molecule has 116 valence electrons. The lowest BCUT2D eigenvalue weighted by atomic mass is 10.0. The summed E-state index contributed by atoms with van der Waals surface area (Å²) >= 11 is 0. The van der Waals surface area contributed by atoms with Gasteiger partial charge in [0.2, 0.25) is 0 Å². The third kappa shape index (κ3) is 2.06. The van der Waals surface area contributed by atoms with E-state index in [9.17, 15) is 4.79 Å². The first kappa shape index (κ1) is 13.6. The van der Waals surface area contributed by atoms with Crippen molar-refractivity contribution in [1.29, 1.82) is 0 Å². The molecule has 2 saturated heterocycles. The lowest BCUT2D eigenvalue weighted by molar-refractivity contribution is 0.0922. The Morgan fingerprint density at radius 2 is 2.32 bits per heavy atom. The van der Waals surface area contributed by atoms with Gasteiger partial charge in [0.1, 0.15) is 5.52 Å². The van der Waals surface area contributed by atoms with E-state index in [1.807, 2.05) is 0 Å². The van der Waals surface area contributed by atoms with Crippen LogP contribution in [0.15, 0.2) is 22.6 Å². The number of benzene rings is 1. The fraction of sp³-hybridized carbons (Fsp3) is 0.500. The van der Waals surface area contributed by atoms with Crippen LogP contribution in [0.2, 0.25) is 0 Å². The first-order valence-corrected chi connectivity index (χ1v) is 7.81. The van der Waals surface area contributed by atoms with Crippen molar-refractivity contribution in [2.24, 2.45) is 0 Å². The minimum absolute atomic E-state index is 0.0895. The summed E-state index contributed by atoms with van der Waals surface area (Å²) in [6.45, 7) is 0. The number of rotatable bonds is 2. The number of fused-ring (bicyclic) bond motifs is 3. The number of carbonyl (C=O) groups excluding carboxylic acids is 1. The molecule has 2 bridgehead atoms. The van der Waals surface area contributed by atoms with Crippen molar-refractivity contribution in [3.05, 3.63) is 23.8 Å². The Bertz CT molecular complexity index is 726. The third-order valence-electron chi connectivity index (χ3n) is 5.12. The highest BCUT2D eigenvalue weighted by Gasteiger charge is 2.42. The molecule has 0 radical (unpaired) electrons. The summed E-state index contributed by atoms with van der Waals surface area (Å²) in [5, 5.41) is 3.20. The molecule has 0 aliphatic carbocycles. The molecule has 1 amide bonds. The highest BCUT2D eigenvalue weighted by atomic mass is 16.4. The molecule has 22 heavy (non-hydrogen) atoms. The van der Waals surface area contributed by atoms with Crippen molar-refractivity contribution in [1.82, 2.24) is 15.2 Å². The topological polar surface area (TPSA) is 84.4 Å². The summed E-state index contributed by atoms with van der Waals surface area (Å²) in [5.41, 5.74) is 7.21. The Morgan fingerprint density at radius 1 is 1.45 bits per heavy atom. The number of anilines is 1. The third-order valence-corrected chi connectivity index (χ3v) is 5.12. The fourth-order valence-electron chi connectivity index (χ4n) is 4.01. The van der Waals surface area contributed by atoms with Crippen molar-refractivity contribution in [2.75, 3.05) is 12.8 Å². The van der Waals surface area contributed by atoms with E-state index in [0.717, 1.165) is 12.8 Å². The van der Waals surface area contributed by atoms with Crippen LogP contribution < -0.4 is 11.1 Å². The second-order valence-electron chi connectivity index (χ2n) is 6.34. The number of nitrogens with two attached hydrogens (primary N) is 1. The van der Waals surface area contributed by atoms with Gasteiger partial charge in [0.05, 0.1) is 5.56 Å². The monoisotopic (exact) mass is 300 g/mol. The number of oxazole rings is 1. The molecule has 0 saturated carbocycles. The van der Waals surface area contributed by atoms with E-state index < -0.39 is 0 Å². The zero-order chi connectivity index (χ0) is 15.3. The second kappa shape index (κ2) is 4.98. The van der Waals surface area contributed by atoms with Crippen molar-refractivity contribution >= 4 is 23.0 Å². The SMILES string of the molecule is CN1C2CCCC1C(NC(=O)c1cccc3oc(N)nc13)C2. The quantitative estimate of drug-likeness (QED) is 0.883. The number of nitrogens with zero attached hydrogens (tertiary/aromatic N) is 2. The van der Waals surface area contributed by atoms with Crippen LogP contribution in [0.5, 0.6) is 0 Å². The molecule has 2 aromatic rings. The molecule has 1 aromatic heterocycles. The van der Waals surface area contributed by atoms with E-state index in [1.165, 1.54) is 12.8 Å². The lowest BCUT2D eigenvalue weighted by Crippen LogP contribution is -2.45. The number of aromatic nitrogens is 1. The van der Waals surface area contributed by atoms with Gasteiger partial charge >= 0.3 is 0 Å². The van der Waals surface area contributed by atoms with E-state index in [-0.39, 0.29) is 18.0 Å². The molecule has 3 unspecified atom stereocenters. The van der Waals surface area contributed by atoms with E-state index in [2.05, 4.69) is 22.2 Å². The maximum atomic E-state index is 12.7. The summed E-state index contributed by atoms with van der Waals surface area (Å²) in [5.74, 6) is -0.0927. The van der Waals surface area contributed by atoms with Gasteiger partial charge in [-0.15, -0.1) is 0 Å². The first-order valence-electron chi connectivity index (χ1n) is 7.81. The predicted molar refractivity (Wildman–Crippen MR) is 83.5 cm³/mol. The number of likely N-dealkylation sites (N-methyl/N-ethyl adjacent to an activating group) is 1. The lowest BCUT2D eigenvalue weighted by Gasteiger charge is -2.32. The van der Waals surface area contributed by atoms with Crippen LogP contribution in [0.4, 0.5) is 6.01 Å². The van der Waals surface area contributed by atoms with E-state index in [0.29, 0.717) is 28.7 Å². The Hall–Kier alpha value is -2.08. The molecule has 2 aliphatic rings. The van der Waals surface area contributed by atoms with Crippen LogP contribution in [0, 0.1) is 0 Å². The second-order valence-corrected chi connectivity index (χ2v) is 6.34. The largest absolute Gasteiger partial charge is 0.424 e. The van der Waals surface area contributed by atoms with E-state index in [4.69, 9.17) is 10.2 Å². The molecule has 2 fully saturated rings. The summed E-state index contributed by atoms with van der Waals surface area (Å²) in [7, 11) is 2.17. The molecule has 3 atom stereocenters. The minimum Gasteiger partial charge on any atom is -0.424 e. The van der Waals surface area contributed by atoms with Crippen LogP contribution in [0.25, 0.3) is 11.1 Å². The first-order chi connectivity index (χ1) is 10.6. The standard InChI is InChI=1S/C16H20N4O2/c1-20-9-4-2-6-12(20)11(8-9)18-15(21)10-5-3-7-13-14(10)19-16(17)22-13/h3,5,7,9,11-12H,2,4,6,8H2,1H3,(H2,17,19)(H,18,21). The van der Waals surface area contributed by atoms with E-state index in [1.54, 1.807) is 18.2 Å². The van der Waals surface area contributed by atoms with Crippen molar-refractivity contribution < 1.29 is 9.21 Å². The normalized spacial score (nSPS) is 28.1. The van der Waals surface area contributed by atoms with Crippen LogP contribution in [0.3, 0.4) is 0 Å². The number of nitrogen functional groups attached to an aromatic ring is 1. The van der Waals surface area contributed by atoms with Gasteiger partial charge in [0.25, 0.3) is 11.9 Å². The highest BCUT2D eigenvalue weighted by molar-refractivity contribution is 6.04. The highest BCUT2D eigenvalue weighted by Crippen LogP contribution is 2.34. The number of hydrogen-bond acceptors (Lipinski definition) is 5. The molecular weight excluding hydrogens is 280 g/mol. The molecule has 6 heteroatoms. The average Bonchev–Trinajstić information content (AvgIpc) is 2.91. The fourth-order valence-corrected chi connectivity index (χ4v) is 4.01. The molecule has 6 nitrogen and oxygen atoms in total. The summed E-state index contributed by atoms with van der Waals surface area (Å²) in [6.07, 6.45) is 4.67. The van der Waals surface area contributed by atoms with Crippen molar-refractivity contribution in [2.45, 2.75) is 43.8 Å². The number of nitrogens with one attached hydrogen (secondary N) is 1. The zero-order valence-corrected chi connectivity index (χ0v) is 12.6. The van der Waals surface area contributed by atoms with Crippen LogP contribution in [-0.4, -0.2) is 41.0 Å².